The van der Waals surface area contributed by atoms with Crippen LogP contribution in [-0.4, -0.2) is 73.0 Å². The summed E-state index contributed by atoms with van der Waals surface area (Å²) in [5.74, 6) is -0.718. The third-order valence-corrected chi connectivity index (χ3v) is 15.1. The molecule has 1 N–H and O–H groups in total. The van der Waals surface area contributed by atoms with Crippen LogP contribution >= 0.6 is 0 Å². The first-order valence-corrected chi connectivity index (χ1v) is 22.0. The van der Waals surface area contributed by atoms with Crippen molar-refractivity contribution in [2.75, 3.05) is 6.61 Å². The van der Waals surface area contributed by atoms with E-state index in [1.54, 1.807) is 13.8 Å². The number of amides is 2. The van der Waals surface area contributed by atoms with Crippen LogP contribution in [0.1, 0.15) is 56.9 Å². The van der Waals surface area contributed by atoms with Crippen LogP contribution in [0.5, 0.6) is 0 Å². The third-order valence-electron chi connectivity index (χ3n) is 10.6. The monoisotopic (exact) mass is 767 g/mol. The number of aliphatic hydroxyl groups excluding tert-OH is 1. The normalized spacial score (nSPS) is 18.0. The first-order chi connectivity index (χ1) is 26.2. The van der Waals surface area contributed by atoms with Crippen molar-refractivity contribution >= 4 is 20.3 Å². The molecule has 5 rings (SSSR count). The highest BCUT2D eigenvalue weighted by Gasteiger charge is 2.54. The summed E-state index contributed by atoms with van der Waals surface area (Å²) in [5.41, 5.74) is 2.56. The van der Waals surface area contributed by atoms with E-state index >= 15 is 0 Å². The summed E-state index contributed by atoms with van der Waals surface area (Å²) in [6.07, 6.45) is -5.51. The minimum atomic E-state index is -2.54. The van der Waals surface area contributed by atoms with Gasteiger partial charge in [-0.2, -0.15) is 0 Å². The van der Waals surface area contributed by atoms with E-state index < -0.39 is 56.4 Å². The van der Waals surface area contributed by atoms with E-state index in [0.717, 1.165) is 27.2 Å². The molecule has 0 spiro atoms. The van der Waals surface area contributed by atoms with E-state index in [9.17, 15) is 14.7 Å². The Morgan fingerprint density at radius 2 is 1.22 bits per heavy atom. The highest BCUT2D eigenvalue weighted by molar-refractivity contribution is 6.74. The van der Waals surface area contributed by atoms with Gasteiger partial charge in [0.1, 0.15) is 17.8 Å². The Kier molecular flexibility index (Phi) is 14.2. The second kappa shape index (κ2) is 18.6. The van der Waals surface area contributed by atoms with Gasteiger partial charge in [0.25, 0.3) is 5.91 Å². The Labute approximate surface area is 327 Å². The summed E-state index contributed by atoms with van der Waals surface area (Å²) in [6, 6.07) is 37.8. The molecule has 55 heavy (non-hydrogen) atoms. The summed E-state index contributed by atoms with van der Waals surface area (Å²) >= 11 is 0. The maximum Gasteiger partial charge on any atom is 0.417 e. The molecule has 4 aromatic carbocycles. The topological polar surface area (TPSA) is 104 Å². The van der Waals surface area contributed by atoms with Gasteiger partial charge in [0, 0.05) is 0 Å². The number of hydrogen-bond donors (Lipinski definition) is 1. The Morgan fingerprint density at radius 1 is 0.764 bits per heavy atom. The number of carbonyl (C=O) groups excluding carboxylic acids is 2. The van der Waals surface area contributed by atoms with Crippen LogP contribution in [0.25, 0.3) is 0 Å². The molecule has 1 fully saturated rings. The molecular formula is C45H57NO8Si. The number of ether oxygens (including phenoxy) is 4. The minimum Gasteiger partial charge on any atom is -0.441 e. The van der Waals surface area contributed by atoms with Gasteiger partial charge < -0.3 is 28.5 Å². The lowest BCUT2D eigenvalue weighted by atomic mass is 9.91. The highest BCUT2D eigenvalue weighted by atomic mass is 28.4. The average Bonchev–Trinajstić information content (AvgIpc) is 3.38. The number of aliphatic hydroxyl groups is 1. The van der Waals surface area contributed by atoms with Crippen LogP contribution in [0.15, 0.2) is 121 Å². The average molecular weight is 768 g/mol. The number of nitrogens with zero attached hydrogens (tertiary/aromatic N) is 1. The number of imide groups is 1. The summed E-state index contributed by atoms with van der Waals surface area (Å²) < 4.78 is 32.3. The molecule has 4 aromatic rings. The SMILES string of the molecule is CC1(C)OC(=O)N(C(=O)[C@@H](OCc2ccccc2)[C@H](O)[C@@H](OCc2ccccc2)[C@@H](COCc2ccccc2)O[Si](C)(C)C(C)(C)C)[C@H]1Cc1ccccc1. The Morgan fingerprint density at radius 3 is 1.71 bits per heavy atom. The lowest BCUT2D eigenvalue weighted by Crippen LogP contribution is -2.59. The van der Waals surface area contributed by atoms with Crippen molar-refractivity contribution in [1.82, 2.24) is 4.90 Å². The molecule has 1 aliphatic heterocycles. The van der Waals surface area contributed by atoms with Crippen molar-refractivity contribution in [3.8, 4) is 0 Å². The Hall–Kier alpha value is -4.16. The summed E-state index contributed by atoms with van der Waals surface area (Å²) in [7, 11) is -2.54. The fourth-order valence-corrected chi connectivity index (χ4v) is 7.71. The Balaban J connectivity index is 1.55. The highest BCUT2D eigenvalue weighted by Crippen LogP contribution is 2.39. The molecule has 0 unspecified atom stereocenters. The molecule has 0 aliphatic carbocycles. The fourth-order valence-electron chi connectivity index (χ4n) is 6.39. The molecule has 0 radical (unpaired) electrons. The van der Waals surface area contributed by atoms with Gasteiger partial charge in [0.15, 0.2) is 14.4 Å². The molecule has 1 aliphatic rings. The van der Waals surface area contributed by atoms with Crippen LogP contribution in [0.3, 0.4) is 0 Å². The smallest absolute Gasteiger partial charge is 0.417 e. The molecule has 0 bridgehead atoms. The van der Waals surface area contributed by atoms with Crippen molar-refractivity contribution < 1.29 is 38.1 Å². The second-order valence-electron chi connectivity index (χ2n) is 16.3. The zero-order valence-corrected chi connectivity index (χ0v) is 34.2. The van der Waals surface area contributed by atoms with Crippen molar-refractivity contribution in [2.24, 2.45) is 0 Å². The van der Waals surface area contributed by atoms with Crippen LogP contribution in [0, 0.1) is 0 Å². The number of cyclic esters (lactones) is 1. The molecular weight excluding hydrogens is 711 g/mol. The van der Waals surface area contributed by atoms with Crippen LogP contribution in [0.4, 0.5) is 4.79 Å². The molecule has 1 saturated heterocycles. The molecule has 294 valence electrons. The van der Waals surface area contributed by atoms with Crippen LogP contribution in [-0.2, 0) is 54.4 Å². The molecule has 0 saturated carbocycles. The van der Waals surface area contributed by atoms with Gasteiger partial charge >= 0.3 is 6.09 Å². The van der Waals surface area contributed by atoms with Crippen LogP contribution in [0.2, 0.25) is 18.1 Å². The van der Waals surface area contributed by atoms with Crippen molar-refractivity contribution in [3.05, 3.63) is 144 Å². The zero-order chi connectivity index (χ0) is 39.6. The van der Waals surface area contributed by atoms with Gasteiger partial charge in [-0.05, 0) is 60.7 Å². The fraction of sp³-hybridized carbons (Fsp3) is 0.422. The molecule has 2 amide bonds. The first kappa shape index (κ1) is 42.0. The maximum absolute atomic E-state index is 15.0. The van der Waals surface area contributed by atoms with Gasteiger partial charge in [0.2, 0.25) is 0 Å². The van der Waals surface area contributed by atoms with Gasteiger partial charge in [-0.3, -0.25) is 4.79 Å². The largest absolute Gasteiger partial charge is 0.441 e. The van der Waals surface area contributed by atoms with E-state index in [2.05, 4.69) is 33.9 Å². The first-order valence-electron chi connectivity index (χ1n) is 19.0. The lowest BCUT2D eigenvalue weighted by molar-refractivity contribution is -0.178. The predicted molar refractivity (Wildman–Crippen MR) is 216 cm³/mol. The van der Waals surface area contributed by atoms with Crippen LogP contribution < -0.4 is 0 Å². The minimum absolute atomic E-state index is 0.00634. The van der Waals surface area contributed by atoms with E-state index in [4.69, 9.17) is 23.4 Å². The van der Waals surface area contributed by atoms with Gasteiger partial charge in [-0.1, -0.05) is 142 Å². The van der Waals surface area contributed by atoms with Gasteiger partial charge in [-0.15, -0.1) is 0 Å². The predicted octanol–water partition coefficient (Wildman–Crippen LogP) is 8.49. The third kappa shape index (κ3) is 11.2. The van der Waals surface area contributed by atoms with E-state index in [1.807, 2.05) is 121 Å². The van der Waals surface area contributed by atoms with Crippen molar-refractivity contribution in [2.45, 2.75) is 115 Å². The molecule has 9 nitrogen and oxygen atoms in total. The molecule has 10 heteroatoms. The summed E-state index contributed by atoms with van der Waals surface area (Å²) in [5, 5.41) is 12.5. The standard InChI is InChI=1S/C45H57NO8Si/c1-44(2,3)55(6,7)54-37(32-50-29-34-22-14-9-15-23-34)40(51-30-35-24-16-10-17-25-35)39(47)41(52-31-36-26-18-11-19-27-36)42(48)46-38(45(4,5)53-43(46)49)28-33-20-12-8-13-21-33/h8-27,37-41,47H,28-32H2,1-7H3/t37-,38+,39-,40+,41+/m1/s1. The second-order valence-corrected chi connectivity index (χ2v) is 21.0. The number of rotatable bonds is 18. The molecule has 1 heterocycles. The zero-order valence-electron chi connectivity index (χ0n) is 33.2. The van der Waals surface area contributed by atoms with Crippen molar-refractivity contribution in [3.63, 3.8) is 0 Å². The Bertz CT molecular complexity index is 1780. The number of hydrogen-bond acceptors (Lipinski definition) is 8. The maximum atomic E-state index is 15.0. The van der Waals surface area contributed by atoms with E-state index in [-0.39, 0.29) is 24.9 Å². The van der Waals surface area contributed by atoms with E-state index in [1.165, 1.54) is 0 Å². The summed E-state index contributed by atoms with van der Waals surface area (Å²) in [4.78, 5) is 29.8. The lowest BCUT2D eigenvalue weighted by Gasteiger charge is -2.43. The van der Waals surface area contributed by atoms with Crippen molar-refractivity contribution in [1.29, 1.82) is 0 Å². The number of carbonyl (C=O) groups is 2. The summed E-state index contributed by atoms with van der Waals surface area (Å²) in [6.45, 7) is 14.7. The van der Waals surface area contributed by atoms with Gasteiger partial charge in [-0.25, -0.2) is 9.69 Å². The molecule has 5 atom stereocenters. The van der Waals surface area contributed by atoms with Gasteiger partial charge in [0.05, 0.1) is 38.6 Å². The number of benzene rings is 4. The van der Waals surface area contributed by atoms with E-state index in [0.29, 0.717) is 13.0 Å². The molecule has 0 aromatic heterocycles. The quantitative estimate of drug-likeness (QED) is 0.101.